The van der Waals surface area contributed by atoms with E-state index in [-0.39, 0.29) is 24.5 Å². The number of carboxylic acids is 1. The van der Waals surface area contributed by atoms with Crippen molar-refractivity contribution in [1.82, 2.24) is 10.6 Å². The van der Waals surface area contributed by atoms with Crippen LogP contribution in [0.3, 0.4) is 0 Å². The van der Waals surface area contributed by atoms with Crippen molar-refractivity contribution in [3.8, 4) is 0 Å². The number of hydrogen-bond acceptors (Lipinski definition) is 3. The minimum absolute atomic E-state index is 0.00380. The first-order valence-corrected chi connectivity index (χ1v) is 8.05. The van der Waals surface area contributed by atoms with Crippen molar-refractivity contribution in [2.45, 2.75) is 56.7 Å². The number of aliphatic hydroxyl groups excluding tert-OH is 1. The zero-order valence-electron chi connectivity index (χ0n) is 13.1. The third-order valence-electron chi connectivity index (χ3n) is 4.16. The standard InChI is InChI=1S/C17H24N2O4/c20-15-8-4-7-14(15)19-17(23)18-13(9-10-16(21)22)11-12-5-2-1-3-6-12/h1-3,5-6,13-15,20H,4,7-11H2,(H,21,22)(H2,18,19,23)/t13?,14-,15-/m1/s1. The van der Waals surface area contributed by atoms with Gasteiger partial charge in [0.05, 0.1) is 12.1 Å². The van der Waals surface area contributed by atoms with Gasteiger partial charge in [-0.3, -0.25) is 4.79 Å². The number of aliphatic carboxylic acids is 1. The number of aliphatic hydroxyl groups is 1. The van der Waals surface area contributed by atoms with Gasteiger partial charge in [0.1, 0.15) is 0 Å². The molecule has 0 radical (unpaired) electrons. The van der Waals surface area contributed by atoms with Crippen LogP contribution in [-0.2, 0) is 11.2 Å². The Balaban J connectivity index is 1.90. The van der Waals surface area contributed by atoms with Gasteiger partial charge in [-0.15, -0.1) is 0 Å². The molecule has 1 aliphatic carbocycles. The Morgan fingerprint density at radius 3 is 2.57 bits per heavy atom. The van der Waals surface area contributed by atoms with Gasteiger partial charge < -0.3 is 20.8 Å². The summed E-state index contributed by atoms with van der Waals surface area (Å²) in [4.78, 5) is 22.9. The number of carbonyl (C=O) groups excluding carboxylic acids is 1. The van der Waals surface area contributed by atoms with E-state index in [0.717, 1.165) is 18.4 Å². The zero-order valence-corrected chi connectivity index (χ0v) is 13.1. The van der Waals surface area contributed by atoms with Gasteiger partial charge in [-0.05, 0) is 37.7 Å². The number of amides is 2. The van der Waals surface area contributed by atoms with Crippen molar-refractivity contribution in [3.05, 3.63) is 35.9 Å². The zero-order chi connectivity index (χ0) is 16.7. The van der Waals surface area contributed by atoms with E-state index >= 15 is 0 Å². The lowest BCUT2D eigenvalue weighted by atomic mass is 10.0. The van der Waals surface area contributed by atoms with Gasteiger partial charge in [-0.25, -0.2) is 4.79 Å². The van der Waals surface area contributed by atoms with E-state index in [1.54, 1.807) is 0 Å². The predicted octanol–water partition coefficient (Wildman–Crippen LogP) is 1.68. The molecule has 0 bridgehead atoms. The second-order valence-electron chi connectivity index (χ2n) is 6.04. The third kappa shape index (κ3) is 5.90. The second kappa shape index (κ2) is 8.53. The van der Waals surface area contributed by atoms with E-state index in [1.165, 1.54) is 0 Å². The number of benzene rings is 1. The van der Waals surface area contributed by atoms with E-state index in [4.69, 9.17) is 5.11 Å². The highest BCUT2D eigenvalue weighted by Crippen LogP contribution is 2.18. The summed E-state index contributed by atoms with van der Waals surface area (Å²) in [6.07, 6.45) is 2.83. The van der Waals surface area contributed by atoms with Crippen LogP contribution < -0.4 is 10.6 Å². The van der Waals surface area contributed by atoms with Crippen molar-refractivity contribution < 1.29 is 19.8 Å². The first-order chi connectivity index (χ1) is 11.0. The fourth-order valence-corrected chi connectivity index (χ4v) is 2.93. The molecule has 1 saturated carbocycles. The summed E-state index contributed by atoms with van der Waals surface area (Å²) >= 11 is 0. The highest BCUT2D eigenvalue weighted by atomic mass is 16.4. The maximum absolute atomic E-state index is 12.1. The Labute approximate surface area is 135 Å². The van der Waals surface area contributed by atoms with Crippen molar-refractivity contribution in [3.63, 3.8) is 0 Å². The Hall–Kier alpha value is -2.08. The number of nitrogens with one attached hydrogen (secondary N) is 2. The van der Waals surface area contributed by atoms with Gasteiger partial charge in [-0.2, -0.15) is 0 Å². The average Bonchev–Trinajstić information content (AvgIpc) is 2.91. The second-order valence-corrected chi connectivity index (χ2v) is 6.04. The monoisotopic (exact) mass is 320 g/mol. The molecule has 23 heavy (non-hydrogen) atoms. The molecule has 4 N–H and O–H groups in total. The minimum Gasteiger partial charge on any atom is -0.481 e. The molecule has 6 heteroatoms. The molecule has 3 atom stereocenters. The molecule has 0 spiro atoms. The van der Waals surface area contributed by atoms with Crippen LogP contribution in [0.15, 0.2) is 30.3 Å². The van der Waals surface area contributed by atoms with Crippen LogP contribution in [-0.4, -0.2) is 40.4 Å². The highest BCUT2D eigenvalue weighted by Gasteiger charge is 2.27. The first kappa shape index (κ1) is 17.3. The molecule has 1 aromatic carbocycles. The Morgan fingerprint density at radius 1 is 1.22 bits per heavy atom. The first-order valence-electron chi connectivity index (χ1n) is 8.05. The van der Waals surface area contributed by atoms with Crippen LogP contribution in [0.1, 0.15) is 37.7 Å². The van der Waals surface area contributed by atoms with Crippen molar-refractivity contribution in [2.24, 2.45) is 0 Å². The molecule has 1 aliphatic rings. The van der Waals surface area contributed by atoms with Crippen LogP contribution >= 0.6 is 0 Å². The lowest BCUT2D eigenvalue weighted by molar-refractivity contribution is -0.137. The van der Waals surface area contributed by atoms with Crippen molar-refractivity contribution in [1.29, 1.82) is 0 Å². The lowest BCUT2D eigenvalue weighted by Gasteiger charge is -2.22. The van der Waals surface area contributed by atoms with Crippen LogP contribution in [0.2, 0.25) is 0 Å². The van der Waals surface area contributed by atoms with E-state index in [9.17, 15) is 14.7 Å². The molecule has 2 rings (SSSR count). The molecule has 1 aromatic rings. The normalized spacial score (nSPS) is 21.6. The maximum Gasteiger partial charge on any atom is 0.315 e. The summed E-state index contributed by atoms with van der Waals surface area (Å²) < 4.78 is 0. The maximum atomic E-state index is 12.1. The van der Waals surface area contributed by atoms with Gasteiger partial charge in [0.25, 0.3) is 0 Å². The van der Waals surface area contributed by atoms with Gasteiger partial charge in [0.2, 0.25) is 0 Å². The van der Waals surface area contributed by atoms with Crippen LogP contribution in [0.5, 0.6) is 0 Å². The topological polar surface area (TPSA) is 98.7 Å². The molecule has 126 valence electrons. The van der Waals surface area contributed by atoms with Gasteiger partial charge in [-0.1, -0.05) is 30.3 Å². The Kier molecular flexibility index (Phi) is 6.40. The minimum atomic E-state index is -0.878. The largest absolute Gasteiger partial charge is 0.481 e. The lowest BCUT2D eigenvalue weighted by Crippen LogP contribution is -2.49. The molecule has 0 aromatic heterocycles. The fraction of sp³-hybridized carbons (Fsp3) is 0.529. The van der Waals surface area contributed by atoms with E-state index in [2.05, 4.69) is 10.6 Å². The van der Waals surface area contributed by atoms with Gasteiger partial charge >= 0.3 is 12.0 Å². The summed E-state index contributed by atoms with van der Waals surface area (Å²) in [7, 11) is 0. The summed E-state index contributed by atoms with van der Waals surface area (Å²) in [5.74, 6) is -0.878. The molecule has 0 saturated heterocycles. The number of hydrogen-bond donors (Lipinski definition) is 4. The predicted molar refractivity (Wildman–Crippen MR) is 86.1 cm³/mol. The quantitative estimate of drug-likeness (QED) is 0.614. The smallest absolute Gasteiger partial charge is 0.315 e. The van der Waals surface area contributed by atoms with Crippen LogP contribution in [0, 0.1) is 0 Å². The van der Waals surface area contributed by atoms with Crippen LogP contribution in [0.4, 0.5) is 4.79 Å². The Morgan fingerprint density at radius 2 is 1.96 bits per heavy atom. The average molecular weight is 320 g/mol. The molecule has 6 nitrogen and oxygen atoms in total. The van der Waals surface area contributed by atoms with Gasteiger partial charge in [0.15, 0.2) is 0 Å². The summed E-state index contributed by atoms with van der Waals surface area (Å²) in [6.45, 7) is 0. The van der Waals surface area contributed by atoms with Crippen LogP contribution in [0.25, 0.3) is 0 Å². The summed E-state index contributed by atoms with van der Waals surface area (Å²) in [6, 6.07) is 8.83. The van der Waals surface area contributed by atoms with E-state index < -0.39 is 12.1 Å². The molecule has 1 unspecified atom stereocenters. The molecule has 2 amide bonds. The number of urea groups is 1. The fourth-order valence-electron chi connectivity index (χ4n) is 2.93. The molecular weight excluding hydrogens is 296 g/mol. The number of rotatable bonds is 7. The summed E-state index contributed by atoms with van der Waals surface area (Å²) in [5.41, 5.74) is 1.05. The molecule has 0 heterocycles. The van der Waals surface area contributed by atoms with Crippen molar-refractivity contribution in [2.75, 3.05) is 0 Å². The highest BCUT2D eigenvalue weighted by molar-refractivity contribution is 5.75. The number of carboxylic acid groups (broad SMARTS) is 1. The molecular formula is C17H24N2O4. The number of carbonyl (C=O) groups is 2. The van der Waals surface area contributed by atoms with E-state index in [0.29, 0.717) is 19.3 Å². The third-order valence-corrected chi connectivity index (χ3v) is 4.16. The molecule has 0 aliphatic heterocycles. The van der Waals surface area contributed by atoms with Gasteiger partial charge in [0, 0.05) is 12.5 Å². The van der Waals surface area contributed by atoms with Crippen molar-refractivity contribution >= 4 is 12.0 Å². The SMILES string of the molecule is O=C(O)CCC(Cc1ccccc1)NC(=O)N[C@@H]1CCC[C@H]1O. The Bertz CT molecular complexity index is 521. The van der Waals surface area contributed by atoms with E-state index in [1.807, 2.05) is 30.3 Å². The summed E-state index contributed by atoms with van der Waals surface area (Å²) in [5, 5.41) is 24.3. The molecule has 1 fully saturated rings.